The fraction of sp³-hybridized carbons (Fsp3) is 0.480. The third-order valence-electron chi connectivity index (χ3n) is 5.93. The smallest absolute Gasteiger partial charge is 0.253 e. The maximum Gasteiger partial charge on any atom is 0.253 e. The zero-order chi connectivity index (χ0) is 23.2. The first-order valence-corrected chi connectivity index (χ1v) is 11.4. The highest BCUT2D eigenvalue weighted by Crippen LogP contribution is 2.30. The minimum atomic E-state index is -0.711. The molecule has 1 amide bonds. The van der Waals surface area contributed by atoms with Gasteiger partial charge in [-0.15, -0.1) is 0 Å². The van der Waals surface area contributed by atoms with Gasteiger partial charge in [0.25, 0.3) is 5.91 Å². The maximum absolute atomic E-state index is 13.3. The first-order chi connectivity index (χ1) is 16.0. The molecule has 1 heterocycles. The number of benzene rings is 2. The number of aliphatic hydroxyl groups is 1. The molecule has 2 aromatic carbocycles. The Hall–Kier alpha value is -2.55. The Bertz CT molecular complexity index is 906. The van der Waals surface area contributed by atoms with Crippen LogP contribution in [0.1, 0.15) is 23.2 Å². The number of halogens is 2. The van der Waals surface area contributed by atoms with Crippen molar-refractivity contribution < 1.29 is 28.2 Å². The number of morpholine rings is 1. The summed E-state index contributed by atoms with van der Waals surface area (Å²) < 4.78 is 37.7. The molecule has 178 valence electrons. The van der Waals surface area contributed by atoms with E-state index < -0.39 is 6.10 Å². The van der Waals surface area contributed by atoms with Crippen LogP contribution in [0.15, 0.2) is 48.5 Å². The molecule has 0 unspecified atom stereocenters. The first kappa shape index (κ1) is 23.6. The van der Waals surface area contributed by atoms with E-state index >= 15 is 0 Å². The largest absolute Gasteiger partial charge is 0.491 e. The number of rotatable bonds is 10. The quantitative estimate of drug-likeness (QED) is 0.591. The Labute approximate surface area is 192 Å². The van der Waals surface area contributed by atoms with E-state index in [-0.39, 0.29) is 30.3 Å². The standard InChI is InChI=1S/C25H30F2N2O4/c26-20-5-3-19(4-6-20)25(31)29(13-18-1-2-18)16-24-15-28(11-12-32-24)14-22(30)17-33-23-9-7-21(27)8-10-23/h3-10,18,22,24,30H,1-2,11-17H2/t22-,24+/m1/s1. The molecule has 1 saturated heterocycles. The summed E-state index contributed by atoms with van der Waals surface area (Å²) in [5.41, 5.74) is 0.470. The molecule has 1 saturated carbocycles. The minimum Gasteiger partial charge on any atom is -0.491 e. The van der Waals surface area contributed by atoms with Crippen molar-refractivity contribution >= 4 is 5.91 Å². The van der Waals surface area contributed by atoms with Crippen LogP contribution in [0.25, 0.3) is 0 Å². The summed E-state index contributed by atoms with van der Waals surface area (Å²) >= 11 is 0. The number of ether oxygens (including phenoxy) is 2. The Morgan fingerprint density at radius 1 is 1.09 bits per heavy atom. The molecule has 1 aliphatic carbocycles. The molecule has 4 rings (SSSR count). The molecule has 8 heteroatoms. The van der Waals surface area contributed by atoms with Gasteiger partial charge in [0.2, 0.25) is 0 Å². The van der Waals surface area contributed by atoms with Crippen molar-refractivity contribution in [1.82, 2.24) is 9.80 Å². The van der Waals surface area contributed by atoms with Gasteiger partial charge in [-0.05, 0) is 67.3 Å². The van der Waals surface area contributed by atoms with E-state index in [1.54, 1.807) is 0 Å². The van der Waals surface area contributed by atoms with Crippen LogP contribution in [-0.2, 0) is 4.74 Å². The second-order valence-corrected chi connectivity index (χ2v) is 8.83. The van der Waals surface area contributed by atoms with E-state index in [4.69, 9.17) is 9.47 Å². The highest BCUT2D eigenvalue weighted by atomic mass is 19.1. The van der Waals surface area contributed by atoms with Crippen molar-refractivity contribution in [3.8, 4) is 5.75 Å². The lowest BCUT2D eigenvalue weighted by Crippen LogP contribution is -2.51. The van der Waals surface area contributed by atoms with Gasteiger partial charge in [0.15, 0.2) is 0 Å². The highest BCUT2D eigenvalue weighted by molar-refractivity contribution is 5.94. The van der Waals surface area contributed by atoms with Crippen LogP contribution in [0, 0.1) is 17.6 Å². The molecular weight excluding hydrogens is 430 g/mol. The fourth-order valence-electron chi connectivity index (χ4n) is 4.00. The van der Waals surface area contributed by atoms with Crippen molar-refractivity contribution in [2.24, 2.45) is 5.92 Å². The van der Waals surface area contributed by atoms with E-state index in [0.717, 1.165) is 12.8 Å². The molecule has 6 nitrogen and oxygen atoms in total. The molecule has 0 aromatic heterocycles. The van der Waals surface area contributed by atoms with Gasteiger partial charge in [-0.3, -0.25) is 9.69 Å². The minimum absolute atomic E-state index is 0.102. The van der Waals surface area contributed by atoms with Gasteiger partial charge >= 0.3 is 0 Å². The number of hydrogen-bond donors (Lipinski definition) is 1. The van der Waals surface area contributed by atoms with E-state index in [9.17, 15) is 18.7 Å². The summed E-state index contributed by atoms with van der Waals surface area (Å²) in [6.07, 6.45) is 1.35. The van der Waals surface area contributed by atoms with Gasteiger partial charge < -0.3 is 19.5 Å². The second kappa shape index (κ2) is 11.0. The molecule has 0 spiro atoms. The molecule has 2 aromatic rings. The van der Waals surface area contributed by atoms with Crippen LogP contribution in [0.4, 0.5) is 8.78 Å². The van der Waals surface area contributed by atoms with Crippen LogP contribution < -0.4 is 4.74 Å². The normalized spacial score (nSPS) is 19.8. The predicted molar refractivity (Wildman–Crippen MR) is 119 cm³/mol. The van der Waals surface area contributed by atoms with Gasteiger partial charge in [0.1, 0.15) is 30.1 Å². The number of carbonyl (C=O) groups is 1. The van der Waals surface area contributed by atoms with Crippen LogP contribution in [-0.4, -0.2) is 79.0 Å². The zero-order valence-corrected chi connectivity index (χ0v) is 18.5. The lowest BCUT2D eigenvalue weighted by atomic mass is 10.1. The van der Waals surface area contributed by atoms with E-state index in [2.05, 4.69) is 4.90 Å². The Kier molecular flexibility index (Phi) is 7.90. The van der Waals surface area contributed by atoms with Gasteiger partial charge in [-0.2, -0.15) is 0 Å². The van der Waals surface area contributed by atoms with E-state index in [0.29, 0.717) is 56.6 Å². The van der Waals surface area contributed by atoms with Crippen molar-refractivity contribution in [3.63, 3.8) is 0 Å². The summed E-state index contributed by atoms with van der Waals surface area (Å²) in [6.45, 7) is 3.41. The number of carbonyl (C=O) groups excluding carboxylic acids is 1. The second-order valence-electron chi connectivity index (χ2n) is 8.83. The number of β-amino-alcohol motifs (C(OH)–C–C–N with tert-alkyl or cyclic N) is 1. The number of aliphatic hydroxyl groups excluding tert-OH is 1. The predicted octanol–water partition coefficient (Wildman–Crippen LogP) is 2.96. The average Bonchev–Trinajstić information content (AvgIpc) is 3.63. The number of nitrogens with zero attached hydrogens (tertiary/aromatic N) is 2. The Morgan fingerprint density at radius 2 is 1.76 bits per heavy atom. The van der Waals surface area contributed by atoms with Crippen molar-refractivity contribution in [1.29, 1.82) is 0 Å². The lowest BCUT2D eigenvalue weighted by molar-refractivity contribution is -0.0538. The van der Waals surface area contributed by atoms with Crippen molar-refractivity contribution in [2.45, 2.75) is 25.0 Å². The molecule has 2 aliphatic rings. The van der Waals surface area contributed by atoms with Crippen LogP contribution >= 0.6 is 0 Å². The monoisotopic (exact) mass is 460 g/mol. The molecule has 1 aliphatic heterocycles. The van der Waals surface area contributed by atoms with E-state index in [1.807, 2.05) is 4.90 Å². The molecule has 0 radical (unpaired) electrons. The van der Waals surface area contributed by atoms with Gasteiger partial charge in [0, 0.05) is 38.3 Å². The summed E-state index contributed by atoms with van der Waals surface area (Å²) in [7, 11) is 0. The lowest BCUT2D eigenvalue weighted by Gasteiger charge is -2.36. The van der Waals surface area contributed by atoms with E-state index in [1.165, 1.54) is 48.5 Å². The van der Waals surface area contributed by atoms with Gasteiger partial charge in [-0.1, -0.05) is 0 Å². The Balaban J connectivity index is 1.29. The molecule has 33 heavy (non-hydrogen) atoms. The van der Waals surface area contributed by atoms with Crippen LogP contribution in [0.5, 0.6) is 5.75 Å². The number of amides is 1. The van der Waals surface area contributed by atoms with Crippen molar-refractivity contribution in [3.05, 3.63) is 65.7 Å². The van der Waals surface area contributed by atoms with Crippen LogP contribution in [0.3, 0.4) is 0 Å². The fourth-order valence-corrected chi connectivity index (χ4v) is 4.00. The SMILES string of the molecule is O=C(c1ccc(F)cc1)N(CC1CC1)C[C@@H]1CN(C[C@@H](O)COc2ccc(F)cc2)CCO1. The van der Waals surface area contributed by atoms with Crippen molar-refractivity contribution in [2.75, 3.05) is 45.9 Å². The topological polar surface area (TPSA) is 62.2 Å². The molecule has 0 bridgehead atoms. The molecular formula is C25H30F2N2O4. The molecule has 2 fully saturated rings. The third-order valence-corrected chi connectivity index (χ3v) is 5.93. The molecule has 1 N–H and O–H groups in total. The van der Waals surface area contributed by atoms with Crippen LogP contribution in [0.2, 0.25) is 0 Å². The highest BCUT2D eigenvalue weighted by Gasteiger charge is 2.31. The molecule has 2 atom stereocenters. The summed E-state index contributed by atoms with van der Waals surface area (Å²) in [4.78, 5) is 17.0. The average molecular weight is 461 g/mol. The number of hydrogen-bond acceptors (Lipinski definition) is 5. The van der Waals surface area contributed by atoms with Gasteiger partial charge in [0.05, 0.1) is 12.7 Å². The van der Waals surface area contributed by atoms with Gasteiger partial charge in [-0.25, -0.2) is 8.78 Å². The Morgan fingerprint density at radius 3 is 2.42 bits per heavy atom. The summed E-state index contributed by atoms with van der Waals surface area (Å²) in [5.74, 6) is 0.199. The summed E-state index contributed by atoms with van der Waals surface area (Å²) in [5, 5.41) is 10.4. The summed E-state index contributed by atoms with van der Waals surface area (Å²) in [6, 6.07) is 11.3. The first-order valence-electron chi connectivity index (χ1n) is 11.4. The zero-order valence-electron chi connectivity index (χ0n) is 18.5. The maximum atomic E-state index is 13.3. The third kappa shape index (κ3) is 7.22.